The summed E-state index contributed by atoms with van der Waals surface area (Å²) in [5.41, 5.74) is 1.17. The summed E-state index contributed by atoms with van der Waals surface area (Å²) in [5, 5.41) is 9.25. The van der Waals surface area contributed by atoms with Crippen molar-refractivity contribution in [1.29, 1.82) is 0 Å². The fourth-order valence-corrected chi connectivity index (χ4v) is 2.56. The Bertz CT molecular complexity index is 464. The molecule has 1 atom stereocenters. The molecule has 0 amide bonds. The second kappa shape index (κ2) is 5.28. The minimum atomic E-state index is -0.871. The van der Waals surface area contributed by atoms with E-state index in [0.717, 1.165) is 29.8 Å². The number of benzene rings is 1. The second-order valence-electron chi connectivity index (χ2n) is 4.74. The van der Waals surface area contributed by atoms with E-state index in [-0.39, 0.29) is 0 Å². The number of piperazine rings is 1. The van der Waals surface area contributed by atoms with Gasteiger partial charge in [-0.1, -0.05) is 15.9 Å². The molecule has 4 nitrogen and oxygen atoms in total. The number of carbonyl (C=O) groups is 1. The number of anilines is 1. The van der Waals surface area contributed by atoms with Crippen molar-refractivity contribution in [2.45, 2.75) is 13.0 Å². The summed E-state index contributed by atoms with van der Waals surface area (Å²) >= 11 is 3.41. The Morgan fingerprint density at radius 1 is 1.44 bits per heavy atom. The van der Waals surface area contributed by atoms with Gasteiger partial charge in [0, 0.05) is 30.1 Å². The standard InChI is InChI=1S/C13H17BrN2O2/c1-9-8-16(6-5-15(9)2)12-7-10(14)3-4-11(12)13(17)18/h3-4,7,9H,5-6,8H2,1-2H3,(H,17,18). The van der Waals surface area contributed by atoms with Gasteiger partial charge in [0.05, 0.1) is 11.3 Å². The number of nitrogens with zero attached hydrogens (tertiary/aromatic N) is 2. The number of carboxylic acids is 1. The average Bonchev–Trinajstić information content (AvgIpc) is 2.32. The molecule has 1 aliphatic heterocycles. The third kappa shape index (κ3) is 2.67. The van der Waals surface area contributed by atoms with Crippen molar-refractivity contribution < 1.29 is 9.90 Å². The van der Waals surface area contributed by atoms with Gasteiger partial charge >= 0.3 is 5.97 Å². The SMILES string of the molecule is CC1CN(c2cc(Br)ccc2C(=O)O)CCN1C. The molecular formula is C13H17BrN2O2. The highest BCUT2D eigenvalue weighted by Crippen LogP contribution is 2.27. The molecule has 1 aromatic carbocycles. The van der Waals surface area contributed by atoms with E-state index in [1.54, 1.807) is 12.1 Å². The summed E-state index contributed by atoms with van der Waals surface area (Å²) in [5.74, 6) is -0.871. The van der Waals surface area contributed by atoms with E-state index in [4.69, 9.17) is 0 Å². The predicted molar refractivity (Wildman–Crippen MR) is 75.4 cm³/mol. The molecule has 98 valence electrons. The summed E-state index contributed by atoms with van der Waals surface area (Å²) in [4.78, 5) is 15.7. The van der Waals surface area contributed by atoms with Crippen LogP contribution in [-0.4, -0.2) is 48.7 Å². The number of rotatable bonds is 2. The van der Waals surface area contributed by atoms with E-state index in [1.165, 1.54) is 0 Å². The van der Waals surface area contributed by atoms with Crippen molar-refractivity contribution in [3.05, 3.63) is 28.2 Å². The molecule has 0 aliphatic carbocycles. The smallest absolute Gasteiger partial charge is 0.337 e. The van der Waals surface area contributed by atoms with Gasteiger partial charge < -0.3 is 14.9 Å². The molecule has 1 fully saturated rings. The van der Waals surface area contributed by atoms with E-state index in [1.807, 2.05) is 6.07 Å². The molecule has 1 aromatic rings. The van der Waals surface area contributed by atoms with E-state index in [9.17, 15) is 9.90 Å². The first kappa shape index (κ1) is 13.4. The third-order valence-corrected chi connectivity index (χ3v) is 3.98. The van der Waals surface area contributed by atoms with Crippen LogP contribution in [0.5, 0.6) is 0 Å². The molecule has 1 unspecified atom stereocenters. The molecule has 1 aliphatic rings. The van der Waals surface area contributed by atoms with Crippen molar-refractivity contribution in [1.82, 2.24) is 4.90 Å². The highest BCUT2D eigenvalue weighted by molar-refractivity contribution is 9.10. The van der Waals surface area contributed by atoms with Gasteiger partial charge in [-0.15, -0.1) is 0 Å². The van der Waals surface area contributed by atoms with Gasteiger partial charge in [0.25, 0.3) is 0 Å². The number of likely N-dealkylation sites (N-methyl/N-ethyl adjacent to an activating group) is 1. The molecule has 0 spiro atoms. The minimum absolute atomic E-state index is 0.370. The van der Waals surface area contributed by atoms with E-state index >= 15 is 0 Å². The molecule has 0 aromatic heterocycles. The maximum atomic E-state index is 11.3. The van der Waals surface area contributed by atoms with Crippen LogP contribution in [0, 0.1) is 0 Å². The Morgan fingerprint density at radius 2 is 2.17 bits per heavy atom. The van der Waals surface area contributed by atoms with E-state index in [2.05, 4.69) is 39.7 Å². The lowest BCUT2D eigenvalue weighted by Crippen LogP contribution is -2.50. The van der Waals surface area contributed by atoms with E-state index < -0.39 is 5.97 Å². The molecule has 0 radical (unpaired) electrons. The Balaban J connectivity index is 2.32. The van der Waals surface area contributed by atoms with Gasteiger partial charge in [-0.2, -0.15) is 0 Å². The highest BCUT2D eigenvalue weighted by Gasteiger charge is 2.24. The normalized spacial score (nSPS) is 21.1. The summed E-state index contributed by atoms with van der Waals surface area (Å²) in [6.07, 6.45) is 0. The Morgan fingerprint density at radius 3 is 2.78 bits per heavy atom. The minimum Gasteiger partial charge on any atom is -0.478 e. The number of aromatic carboxylic acids is 1. The van der Waals surface area contributed by atoms with Crippen molar-refractivity contribution in [3.63, 3.8) is 0 Å². The van der Waals surface area contributed by atoms with Crippen LogP contribution < -0.4 is 4.90 Å². The van der Waals surface area contributed by atoms with Crippen molar-refractivity contribution >= 4 is 27.6 Å². The molecule has 1 heterocycles. The molecule has 2 rings (SSSR count). The van der Waals surface area contributed by atoms with Crippen LogP contribution >= 0.6 is 15.9 Å². The molecule has 18 heavy (non-hydrogen) atoms. The number of carboxylic acid groups (broad SMARTS) is 1. The van der Waals surface area contributed by atoms with Gasteiger partial charge in [0.15, 0.2) is 0 Å². The maximum Gasteiger partial charge on any atom is 0.337 e. The van der Waals surface area contributed by atoms with Gasteiger partial charge in [-0.3, -0.25) is 0 Å². The zero-order valence-electron chi connectivity index (χ0n) is 10.6. The van der Waals surface area contributed by atoms with Gasteiger partial charge in [-0.25, -0.2) is 4.79 Å². The zero-order valence-corrected chi connectivity index (χ0v) is 12.1. The van der Waals surface area contributed by atoms with Crippen LogP contribution in [0.25, 0.3) is 0 Å². The van der Waals surface area contributed by atoms with Crippen LogP contribution in [-0.2, 0) is 0 Å². The van der Waals surface area contributed by atoms with Crippen molar-refractivity contribution in [3.8, 4) is 0 Å². The lowest BCUT2D eigenvalue weighted by atomic mass is 10.1. The Hall–Kier alpha value is -1.07. The lowest BCUT2D eigenvalue weighted by molar-refractivity contribution is 0.0697. The van der Waals surface area contributed by atoms with Crippen LogP contribution in [0.3, 0.4) is 0 Å². The fourth-order valence-electron chi connectivity index (χ4n) is 2.21. The summed E-state index contributed by atoms with van der Waals surface area (Å²) in [7, 11) is 2.10. The molecule has 5 heteroatoms. The zero-order chi connectivity index (χ0) is 13.3. The molecule has 1 N–H and O–H groups in total. The van der Waals surface area contributed by atoms with Gasteiger partial charge in [0.1, 0.15) is 0 Å². The van der Waals surface area contributed by atoms with E-state index in [0.29, 0.717) is 11.6 Å². The van der Waals surface area contributed by atoms with Crippen LogP contribution in [0.15, 0.2) is 22.7 Å². The second-order valence-corrected chi connectivity index (χ2v) is 5.66. The number of hydrogen-bond acceptors (Lipinski definition) is 3. The summed E-state index contributed by atoms with van der Waals surface area (Å²) in [6.45, 7) is 4.82. The first-order valence-electron chi connectivity index (χ1n) is 5.97. The molecule has 1 saturated heterocycles. The Kier molecular flexibility index (Phi) is 3.92. The number of halogens is 1. The fraction of sp³-hybridized carbons (Fsp3) is 0.462. The molecular weight excluding hydrogens is 296 g/mol. The largest absolute Gasteiger partial charge is 0.478 e. The maximum absolute atomic E-state index is 11.3. The lowest BCUT2D eigenvalue weighted by Gasteiger charge is -2.39. The first-order valence-corrected chi connectivity index (χ1v) is 6.76. The molecule has 0 saturated carbocycles. The summed E-state index contributed by atoms with van der Waals surface area (Å²) in [6, 6.07) is 5.75. The third-order valence-electron chi connectivity index (χ3n) is 3.49. The van der Waals surface area contributed by atoms with Crippen LogP contribution in [0.1, 0.15) is 17.3 Å². The van der Waals surface area contributed by atoms with Crippen LogP contribution in [0.4, 0.5) is 5.69 Å². The molecule has 0 bridgehead atoms. The number of hydrogen-bond donors (Lipinski definition) is 1. The average molecular weight is 313 g/mol. The highest BCUT2D eigenvalue weighted by atomic mass is 79.9. The quantitative estimate of drug-likeness (QED) is 0.910. The van der Waals surface area contributed by atoms with Gasteiger partial charge in [-0.05, 0) is 32.2 Å². The predicted octanol–water partition coefficient (Wildman–Crippen LogP) is 2.29. The van der Waals surface area contributed by atoms with Crippen molar-refractivity contribution in [2.75, 3.05) is 31.6 Å². The topological polar surface area (TPSA) is 43.8 Å². The first-order chi connectivity index (χ1) is 8.49. The van der Waals surface area contributed by atoms with Crippen molar-refractivity contribution in [2.24, 2.45) is 0 Å². The Labute approximate surface area is 115 Å². The monoisotopic (exact) mass is 312 g/mol. The van der Waals surface area contributed by atoms with Gasteiger partial charge in [0.2, 0.25) is 0 Å². The summed E-state index contributed by atoms with van der Waals surface area (Å²) < 4.78 is 0.911. The van der Waals surface area contributed by atoms with Crippen LogP contribution in [0.2, 0.25) is 0 Å².